The predicted octanol–water partition coefficient (Wildman–Crippen LogP) is 2.94. The number of fused-ring (bicyclic) bond motifs is 5. The van der Waals surface area contributed by atoms with Crippen molar-refractivity contribution in [2.75, 3.05) is 62.2 Å². The predicted molar refractivity (Wildman–Crippen MR) is 165 cm³/mol. The molecule has 4 aromatic heterocycles. The molecule has 11 nitrogen and oxygen atoms in total. The molecule has 2 aliphatic heterocycles. The molecule has 2 saturated heterocycles. The summed E-state index contributed by atoms with van der Waals surface area (Å²) in [6.45, 7) is 6.32. The number of hydrogen-bond donors (Lipinski definition) is 1. The van der Waals surface area contributed by atoms with Crippen LogP contribution in [-0.2, 0) is 7.05 Å². The highest BCUT2D eigenvalue weighted by atomic mass is 35.5. The van der Waals surface area contributed by atoms with E-state index in [1.54, 1.807) is 18.5 Å². The third-order valence-corrected chi connectivity index (χ3v) is 8.65. The number of rotatable bonds is 6. The molecule has 2 fully saturated rings. The van der Waals surface area contributed by atoms with Gasteiger partial charge in [-0.05, 0) is 62.3 Å². The minimum absolute atomic E-state index is 0.116. The molecule has 6 heterocycles. The number of anilines is 2. The summed E-state index contributed by atoms with van der Waals surface area (Å²) in [6.07, 6.45) is 5.88. The van der Waals surface area contributed by atoms with E-state index in [9.17, 15) is 9.59 Å². The van der Waals surface area contributed by atoms with Crippen LogP contribution >= 0.6 is 11.6 Å². The Bertz CT molecular complexity index is 1860. The Morgan fingerprint density at radius 1 is 0.952 bits per heavy atom. The normalized spacial score (nSPS) is 16.2. The maximum Gasteiger partial charge on any atom is 0.259 e. The van der Waals surface area contributed by atoms with E-state index in [2.05, 4.69) is 30.0 Å². The SMILES string of the molecule is Cn1c2cc(Cl)ccc2n2c3nc(N4CCN(c5ncccn5)CC4)ccc3c(=O)c(C(=O)NCCN3CCCC3)c12. The largest absolute Gasteiger partial charge is 0.353 e. The van der Waals surface area contributed by atoms with Crippen LogP contribution in [0.2, 0.25) is 5.02 Å². The molecule has 5 aromatic rings. The van der Waals surface area contributed by atoms with E-state index in [1.807, 2.05) is 46.3 Å². The highest BCUT2D eigenvalue weighted by Gasteiger charge is 2.26. The third-order valence-electron chi connectivity index (χ3n) is 8.41. The zero-order chi connectivity index (χ0) is 28.8. The first-order chi connectivity index (χ1) is 20.5. The van der Waals surface area contributed by atoms with Crippen LogP contribution in [0.1, 0.15) is 23.2 Å². The van der Waals surface area contributed by atoms with E-state index >= 15 is 0 Å². The van der Waals surface area contributed by atoms with Crippen LogP contribution in [0.4, 0.5) is 11.8 Å². The highest BCUT2D eigenvalue weighted by molar-refractivity contribution is 6.31. The van der Waals surface area contributed by atoms with Crippen molar-refractivity contribution in [1.29, 1.82) is 0 Å². The Labute approximate surface area is 247 Å². The Morgan fingerprint density at radius 2 is 1.69 bits per heavy atom. The first-order valence-electron chi connectivity index (χ1n) is 14.4. The van der Waals surface area contributed by atoms with Gasteiger partial charge in [0.2, 0.25) is 11.4 Å². The third kappa shape index (κ3) is 4.62. The monoisotopic (exact) mass is 585 g/mol. The van der Waals surface area contributed by atoms with Crippen LogP contribution in [0.15, 0.2) is 53.6 Å². The van der Waals surface area contributed by atoms with Crippen molar-refractivity contribution in [1.82, 2.24) is 34.1 Å². The number of aromatic nitrogens is 5. The second kappa shape index (κ2) is 10.9. The average Bonchev–Trinajstić information content (AvgIpc) is 3.64. The fraction of sp³-hybridized carbons (Fsp3) is 0.367. The molecule has 0 spiro atoms. The van der Waals surface area contributed by atoms with Gasteiger partial charge in [0.05, 0.1) is 16.4 Å². The molecule has 0 atom stereocenters. The number of halogens is 1. The fourth-order valence-electron chi connectivity index (χ4n) is 6.24. The lowest BCUT2D eigenvalue weighted by atomic mass is 10.1. The lowest BCUT2D eigenvalue weighted by molar-refractivity contribution is 0.0950. The number of nitrogens with zero attached hydrogens (tertiary/aromatic N) is 8. The number of nitrogens with one attached hydrogen (secondary N) is 1. The second-order valence-corrected chi connectivity index (χ2v) is 11.4. The van der Waals surface area contributed by atoms with Gasteiger partial charge in [0, 0.05) is 63.7 Å². The van der Waals surface area contributed by atoms with E-state index < -0.39 is 0 Å². The number of aryl methyl sites for hydroxylation is 1. The maximum absolute atomic E-state index is 14.0. The summed E-state index contributed by atoms with van der Waals surface area (Å²) in [4.78, 5) is 48.1. The first-order valence-corrected chi connectivity index (χ1v) is 14.8. The number of carbonyl (C=O) groups is 1. The van der Waals surface area contributed by atoms with Gasteiger partial charge in [0.15, 0.2) is 5.65 Å². The summed E-state index contributed by atoms with van der Waals surface area (Å²) in [5.41, 5.74) is 2.44. The van der Waals surface area contributed by atoms with Crippen LogP contribution in [-0.4, -0.2) is 87.1 Å². The molecule has 12 heteroatoms. The smallest absolute Gasteiger partial charge is 0.259 e. The van der Waals surface area contributed by atoms with Gasteiger partial charge in [0.1, 0.15) is 17.0 Å². The topological polar surface area (TPSA) is 104 Å². The van der Waals surface area contributed by atoms with Crippen molar-refractivity contribution in [3.8, 4) is 0 Å². The van der Waals surface area contributed by atoms with Gasteiger partial charge in [-0.15, -0.1) is 0 Å². The van der Waals surface area contributed by atoms with Crippen LogP contribution in [0.25, 0.3) is 27.7 Å². The lowest BCUT2D eigenvalue weighted by Gasteiger charge is -2.35. The number of likely N-dealkylation sites (tertiary alicyclic amines) is 1. The molecule has 1 aromatic carbocycles. The van der Waals surface area contributed by atoms with Crippen molar-refractivity contribution in [2.24, 2.45) is 7.05 Å². The Balaban J connectivity index is 1.29. The molecule has 0 bridgehead atoms. The van der Waals surface area contributed by atoms with Gasteiger partial charge in [-0.1, -0.05) is 11.6 Å². The molecular formula is C30H32ClN9O2. The van der Waals surface area contributed by atoms with Crippen LogP contribution in [0.3, 0.4) is 0 Å². The number of imidazole rings is 1. The average molecular weight is 586 g/mol. The van der Waals surface area contributed by atoms with Gasteiger partial charge in [-0.3, -0.25) is 14.0 Å². The molecule has 0 unspecified atom stereocenters. The summed E-state index contributed by atoms with van der Waals surface area (Å²) in [7, 11) is 1.86. The Morgan fingerprint density at radius 3 is 2.45 bits per heavy atom. The highest BCUT2D eigenvalue weighted by Crippen LogP contribution is 2.29. The van der Waals surface area contributed by atoms with Gasteiger partial charge < -0.3 is 24.6 Å². The summed E-state index contributed by atoms with van der Waals surface area (Å²) in [5, 5.41) is 3.99. The second-order valence-electron chi connectivity index (χ2n) is 10.9. The summed E-state index contributed by atoms with van der Waals surface area (Å²) in [6, 6.07) is 11.1. The fourth-order valence-corrected chi connectivity index (χ4v) is 6.41. The minimum atomic E-state index is -0.376. The molecule has 0 saturated carbocycles. The van der Waals surface area contributed by atoms with Crippen molar-refractivity contribution in [3.63, 3.8) is 0 Å². The number of amides is 1. The zero-order valence-corrected chi connectivity index (χ0v) is 24.2. The van der Waals surface area contributed by atoms with Crippen LogP contribution < -0.4 is 20.5 Å². The molecule has 0 aliphatic carbocycles. The van der Waals surface area contributed by atoms with E-state index in [0.717, 1.165) is 68.6 Å². The maximum atomic E-state index is 14.0. The van der Waals surface area contributed by atoms with Crippen molar-refractivity contribution >= 4 is 57.0 Å². The molecule has 216 valence electrons. The van der Waals surface area contributed by atoms with Crippen molar-refractivity contribution in [2.45, 2.75) is 12.8 Å². The molecular weight excluding hydrogens is 554 g/mol. The molecule has 0 radical (unpaired) electrons. The number of piperazine rings is 1. The van der Waals surface area contributed by atoms with E-state index in [1.165, 1.54) is 12.8 Å². The van der Waals surface area contributed by atoms with Gasteiger partial charge in [-0.25, -0.2) is 15.0 Å². The van der Waals surface area contributed by atoms with Crippen molar-refractivity contribution < 1.29 is 4.79 Å². The molecule has 1 amide bonds. The minimum Gasteiger partial charge on any atom is -0.353 e. The molecule has 7 rings (SSSR count). The van der Waals surface area contributed by atoms with Gasteiger partial charge >= 0.3 is 0 Å². The Kier molecular flexibility index (Phi) is 6.91. The summed E-state index contributed by atoms with van der Waals surface area (Å²) < 4.78 is 3.79. The van der Waals surface area contributed by atoms with E-state index in [4.69, 9.17) is 16.6 Å². The molecule has 1 N–H and O–H groups in total. The quantitative estimate of drug-likeness (QED) is 0.324. The first kappa shape index (κ1) is 26.7. The van der Waals surface area contributed by atoms with Gasteiger partial charge in [-0.2, -0.15) is 0 Å². The Hall–Kier alpha value is -4.22. The lowest BCUT2D eigenvalue weighted by Crippen LogP contribution is -2.47. The molecule has 2 aliphatic rings. The van der Waals surface area contributed by atoms with Gasteiger partial charge in [0.25, 0.3) is 5.91 Å². The standard InChI is InChI=1S/C30H32ClN9O2/c1-36-23-19-20(31)5-7-22(23)40-27-21(26(41)25(29(36)40)28(42)32-11-14-37-12-2-3-13-37)6-8-24(35-27)38-15-17-39(18-16-38)30-33-9-4-10-34-30/h4-10,19H,2-3,11-18H2,1H3,(H,32,42). The van der Waals surface area contributed by atoms with Crippen LogP contribution in [0.5, 0.6) is 0 Å². The zero-order valence-electron chi connectivity index (χ0n) is 23.5. The molecule has 42 heavy (non-hydrogen) atoms. The number of hydrogen-bond acceptors (Lipinski definition) is 8. The number of benzene rings is 1. The summed E-state index contributed by atoms with van der Waals surface area (Å²) >= 11 is 6.38. The number of pyridine rings is 2. The van der Waals surface area contributed by atoms with Crippen molar-refractivity contribution in [3.05, 3.63) is 69.6 Å². The number of carbonyl (C=O) groups excluding carboxylic acids is 1. The van der Waals surface area contributed by atoms with E-state index in [-0.39, 0.29) is 16.9 Å². The van der Waals surface area contributed by atoms with Crippen LogP contribution in [0, 0.1) is 0 Å². The van der Waals surface area contributed by atoms with E-state index in [0.29, 0.717) is 28.2 Å². The summed E-state index contributed by atoms with van der Waals surface area (Å²) in [5.74, 6) is 1.12.